The highest BCUT2D eigenvalue weighted by molar-refractivity contribution is 5.83. The van der Waals surface area contributed by atoms with Gasteiger partial charge in [-0.3, -0.25) is 0 Å². The Hall–Kier alpha value is -1.69. The number of aliphatic hydroxyl groups is 2. The van der Waals surface area contributed by atoms with Crippen LogP contribution in [0.2, 0.25) is 0 Å². The fourth-order valence-electron chi connectivity index (χ4n) is 0.850. The lowest BCUT2D eigenvalue weighted by Crippen LogP contribution is -2.03. The number of hydrogen-bond donors (Lipinski definition) is 2. The van der Waals surface area contributed by atoms with Gasteiger partial charge in [-0.25, -0.2) is 4.79 Å². The smallest absolute Gasteiger partial charge is 0.335 e. The summed E-state index contributed by atoms with van der Waals surface area (Å²) in [5.74, 6) is 0.105. The van der Waals surface area contributed by atoms with E-state index in [0.717, 1.165) is 19.3 Å². The van der Waals surface area contributed by atoms with Gasteiger partial charge in [0.05, 0.1) is 12.7 Å². The molecule has 1 aromatic rings. The minimum absolute atomic E-state index is 0.139. The summed E-state index contributed by atoms with van der Waals surface area (Å²) in [7, 11) is 0. The Kier molecular flexibility index (Phi) is 16.8. The van der Waals surface area contributed by atoms with Crippen molar-refractivity contribution in [2.45, 2.75) is 26.9 Å². The van der Waals surface area contributed by atoms with E-state index in [4.69, 9.17) is 19.7 Å². The van der Waals surface area contributed by atoms with E-state index in [2.05, 4.69) is 6.58 Å². The summed E-state index contributed by atoms with van der Waals surface area (Å²) in [4.78, 5) is 10.6. The first-order valence-corrected chi connectivity index (χ1v) is 6.77. The van der Waals surface area contributed by atoms with Crippen LogP contribution in [-0.4, -0.2) is 42.1 Å². The van der Waals surface area contributed by atoms with Crippen molar-refractivity contribution < 1.29 is 24.5 Å². The highest BCUT2D eigenvalue weighted by atomic mass is 16.5. The molecule has 0 bridgehead atoms. The van der Waals surface area contributed by atoms with E-state index in [1.165, 1.54) is 6.92 Å². The van der Waals surface area contributed by atoms with E-state index >= 15 is 0 Å². The zero-order valence-corrected chi connectivity index (χ0v) is 13.0. The summed E-state index contributed by atoms with van der Waals surface area (Å²) >= 11 is 0. The molecule has 1 atom stereocenters. The molecule has 120 valence electrons. The summed E-state index contributed by atoms with van der Waals surface area (Å²) in [6, 6.07) is 8.87. The molecule has 1 rings (SSSR count). The topological polar surface area (TPSA) is 76.0 Å². The molecule has 0 aliphatic heterocycles. The van der Waals surface area contributed by atoms with Crippen LogP contribution in [0.1, 0.15) is 20.8 Å². The molecule has 21 heavy (non-hydrogen) atoms. The molecule has 0 aromatic heterocycles. The molecule has 1 aromatic carbocycles. The summed E-state index contributed by atoms with van der Waals surface area (Å²) in [6.45, 7) is 10.3. The lowest BCUT2D eigenvalue weighted by atomic mass is 10.3. The van der Waals surface area contributed by atoms with Gasteiger partial charge in [-0.15, -0.1) is 0 Å². The Morgan fingerprint density at radius 1 is 1.29 bits per heavy atom. The number of hydrogen-bond acceptors (Lipinski definition) is 5. The van der Waals surface area contributed by atoms with Crippen LogP contribution in [0.5, 0.6) is 5.75 Å². The number of esters is 1. The molecule has 0 amide bonds. The molecule has 5 heteroatoms. The van der Waals surface area contributed by atoms with Gasteiger partial charge in [0, 0.05) is 19.3 Å². The van der Waals surface area contributed by atoms with Crippen molar-refractivity contribution >= 4 is 5.97 Å². The van der Waals surface area contributed by atoms with Gasteiger partial charge in [-0.1, -0.05) is 24.8 Å². The van der Waals surface area contributed by atoms with Crippen molar-refractivity contribution in [1.82, 2.24) is 0 Å². The first-order chi connectivity index (χ1) is 10.0. The first-order valence-electron chi connectivity index (χ1n) is 6.77. The van der Waals surface area contributed by atoms with Crippen LogP contribution >= 0.6 is 0 Å². The van der Waals surface area contributed by atoms with Crippen LogP contribution in [0.25, 0.3) is 0 Å². The largest absolute Gasteiger partial charge is 0.423 e. The van der Waals surface area contributed by atoms with Gasteiger partial charge in [0.1, 0.15) is 5.75 Å². The monoisotopic (exact) mass is 298 g/mol. The van der Waals surface area contributed by atoms with Crippen LogP contribution in [0.3, 0.4) is 0 Å². The molecule has 5 nitrogen and oxygen atoms in total. The maximum Gasteiger partial charge on any atom is 0.335 e. The molecule has 2 N–H and O–H groups in total. The van der Waals surface area contributed by atoms with E-state index in [1.54, 1.807) is 24.3 Å². The SMILES string of the molecule is C=CC(=O)Oc1ccccc1.CC(O)CO.CCOCC. The summed E-state index contributed by atoms with van der Waals surface area (Å²) in [5.41, 5.74) is 0. The highest BCUT2D eigenvalue weighted by Gasteiger charge is 1.95. The molecule has 1 unspecified atom stereocenters. The zero-order chi connectivity index (χ0) is 16.5. The number of benzene rings is 1. The maximum atomic E-state index is 10.6. The molecule has 0 spiro atoms. The Bertz CT molecular complexity index is 347. The predicted octanol–water partition coefficient (Wildman–Crippen LogP) is 2.18. The maximum absolute atomic E-state index is 10.6. The number of carbonyl (C=O) groups is 1. The van der Waals surface area contributed by atoms with Crippen molar-refractivity contribution in [2.24, 2.45) is 0 Å². The first kappa shape index (κ1) is 21.6. The number of ether oxygens (including phenoxy) is 2. The number of aliphatic hydroxyl groups excluding tert-OH is 2. The van der Waals surface area contributed by atoms with Crippen molar-refractivity contribution in [1.29, 1.82) is 0 Å². The summed E-state index contributed by atoms with van der Waals surface area (Å²) in [5, 5.41) is 16.0. The van der Waals surface area contributed by atoms with Crippen molar-refractivity contribution in [3.63, 3.8) is 0 Å². The van der Waals surface area contributed by atoms with Crippen LogP contribution in [0.4, 0.5) is 0 Å². The van der Waals surface area contributed by atoms with Crippen LogP contribution < -0.4 is 4.74 Å². The van der Waals surface area contributed by atoms with E-state index in [-0.39, 0.29) is 6.61 Å². The third kappa shape index (κ3) is 18.3. The van der Waals surface area contributed by atoms with Gasteiger partial charge in [-0.2, -0.15) is 0 Å². The van der Waals surface area contributed by atoms with E-state index in [9.17, 15) is 4.79 Å². The lowest BCUT2D eigenvalue weighted by Gasteiger charge is -1.98. The fraction of sp³-hybridized carbons (Fsp3) is 0.438. The molecular weight excluding hydrogens is 272 g/mol. The second-order valence-electron chi connectivity index (χ2n) is 3.75. The molecule has 0 radical (unpaired) electrons. The second kappa shape index (κ2) is 16.4. The van der Waals surface area contributed by atoms with Crippen molar-refractivity contribution in [2.75, 3.05) is 19.8 Å². The average Bonchev–Trinajstić information content (AvgIpc) is 2.50. The molecule has 0 heterocycles. The van der Waals surface area contributed by atoms with Crippen molar-refractivity contribution in [3.8, 4) is 5.75 Å². The molecule has 0 saturated heterocycles. The number of para-hydroxylation sites is 1. The minimum Gasteiger partial charge on any atom is -0.423 e. The van der Waals surface area contributed by atoms with Gasteiger partial charge < -0.3 is 19.7 Å². The Balaban J connectivity index is 0. The molecule has 0 aliphatic rings. The number of rotatable bonds is 5. The van der Waals surface area contributed by atoms with Gasteiger partial charge in [0.15, 0.2) is 0 Å². The molecule has 0 aliphatic carbocycles. The van der Waals surface area contributed by atoms with Gasteiger partial charge >= 0.3 is 5.97 Å². The van der Waals surface area contributed by atoms with E-state index in [1.807, 2.05) is 19.9 Å². The van der Waals surface area contributed by atoms with Crippen LogP contribution in [0.15, 0.2) is 43.0 Å². The third-order valence-corrected chi connectivity index (χ3v) is 1.80. The van der Waals surface area contributed by atoms with Gasteiger partial charge in [0.2, 0.25) is 0 Å². The predicted molar refractivity (Wildman–Crippen MR) is 83.2 cm³/mol. The van der Waals surface area contributed by atoms with Gasteiger partial charge in [0.25, 0.3) is 0 Å². The summed E-state index contributed by atoms with van der Waals surface area (Å²) in [6.07, 6.45) is 0.572. The van der Waals surface area contributed by atoms with E-state index < -0.39 is 12.1 Å². The average molecular weight is 298 g/mol. The second-order valence-corrected chi connectivity index (χ2v) is 3.75. The molecule has 0 saturated carbocycles. The van der Waals surface area contributed by atoms with Crippen LogP contribution in [-0.2, 0) is 9.53 Å². The zero-order valence-electron chi connectivity index (χ0n) is 13.0. The quantitative estimate of drug-likeness (QED) is 0.495. The lowest BCUT2D eigenvalue weighted by molar-refractivity contribution is -0.128. The third-order valence-electron chi connectivity index (χ3n) is 1.80. The number of carbonyl (C=O) groups excluding carboxylic acids is 1. The molecule has 0 fully saturated rings. The highest BCUT2D eigenvalue weighted by Crippen LogP contribution is 2.07. The van der Waals surface area contributed by atoms with E-state index in [0.29, 0.717) is 5.75 Å². The normalized spacial score (nSPS) is 10.1. The Morgan fingerprint density at radius 3 is 2.05 bits per heavy atom. The Labute approximate surface area is 126 Å². The fourth-order valence-corrected chi connectivity index (χ4v) is 0.850. The van der Waals surface area contributed by atoms with Crippen molar-refractivity contribution in [3.05, 3.63) is 43.0 Å². The minimum atomic E-state index is -0.560. The van der Waals surface area contributed by atoms with Gasteiger partial charge in [-0.05, 0) is 32.9 Å². The Morgan fingerprint density at radius 2 is 1.76 bits per heavy atom. The summed E-state index contributed by atoms with van der Waals surface area (Å²) < 4.78 is 9.64. The standard InChI is InChI=1S/C9H8O2.C4H10O.C3H8O2/c1-2-9(10)11-8-6-4-3-5-7-8;1-3-5-4-2;1-3(5)2-4/h2-7H,1H2;3-4H2,1-2H3;3-5H,2H2,1H3. The van der Waals surface area contributed by atoms with Crippen LogP contribution in [0, 0.1) is 0 Å². The molecular formula is C16H26O5.